The second-order valence-electron chi connectivity index (χ2n) is 18.9. The minimum Gasteiger partial charge on any atom is -0.456 e. The van der Waals surface area contributed by atoms with Crippen molar-refractivity contribution in [1.82, 2.24) is 19.6 Å². The van der Waals surface area contributed by atoms with Crippen molar-refractivity contribution in [3.8, 4) is 23.0 Å². The predicted octanol–water partition coefficient (Wildman–Crippen LogP) is 7.06. The second-order valence-corrected chi connectivity index (χ2v) is 18.9. The van der Waals surface area contributed by atoms with Crippen LogP contribution in [0.15, 0.2) is 106 Å². The molecule has 4 amide bonds. The number of fused-ring (bicyclic) bond motifs is 6. The van der Waals surface area contributed by atoms with Crippen LogP contribution in [0.2, 0.25) is 0 Å². The van der Waals surface area contributed by atoms with Crippen molar-refractivity contribution < 1.29 is 62.1 Å². The van der Waals surface area contributed by atoms with Gasteiger partial charge >= 0.3 is 18.2 Å². The summed E-state index contributed by atoms with van der Waals surface area (Å²) in [5.41, 5.74) is 1.29. The van der Waals surface area contributed by atoms with E-state index in [1.54, 1.807) is 104 Å². The van der Waals surface area contributed by atoms with Crippen molar-refractivity contribution in [2.75, 3.05) is 54.4 Å². The van der Waals surface area contributed by atoms with Crippen LogP contribution in [0, 0.1) is 5.41 Å². The van der Waals surface area contributed by atoms with Crippen LogP contribution in [0.3, 0.4) is 0 Å². The maximum atomic E-state index is 13.5. The first-order valence-electron chi connectivity index (χ1n) is 23.0. The van der Waals surface area contributed by atoms with Crippen LogP contribution >= 0.6 is 0 Å². The summed E-state index contributed by atoms with van der Waals surface area (Å²) in [6, 6.07) is 16.3. The molecule has 17 heteroatoms. The highest BCUT2D eigenvalue weighted by Gasteiger charge is 2.53. The predicted molar refractivity (Wildman–Crippen MR) is 258 cm³/mol. The third-order valence-corrected chi connectivity index (χ3v) is 13.4. The number of Topliss-reactive ketones (excluding diaryl/α,β-unsaturated/α-hetero) is 2. The molecule has 0 saturated heterocycles. The fraction of sp³-hybridized carbons (Fsp3) is 0.352. The molecule has 0 N–H and O–H groups in total. The van der Waals surface area contributed by atoms with Crippen molar-refractivity contribution in [3.05, 3.63) is 129 Å². The van der Waals surface area contributed by atoms with E-state index in [9.17, 15) is 43.2 Å². The Hall–Kier alpha value is -7.95. The van der Waals surface area contributed by atoms with Gasteiger partial charge in [0.15, 0.2) is 28.7 Å². The van der Waals surface area contributed by atoms with Crippen molar-refractivity contribution >= 4 is 53.1 Å². The molecule has 2 aliphatic carbocycles. The van der Waals surface area contributed by atoms with Gasteiger partial charge in [-0.3, -0.25) is 28.8 Å². The molecule has 17 nitrogen and oxygen atoms in total. The Kier molecular flexibility index (Phi) is 14.2. The summed E-state index contributed by atoms with van der Waals surface area (Å²) in [4.78, 5) is 123. The molecule has 1 spiro atoms. The number of allylic oxidation sites excluding steroid dienone is 8. The number of hydrogen-bond acceptors (Lipinski definition) is 13. The molecule has 0 bridgehead atoms. The molecule has 3 aromatic rings. The fourth-order valence-corrected chi connectivity index (χ4v) is 9.08. The van der Waals surface area contributed by atoms with E-state index in [1.165, 1.54) is 58.0 Å². The Morgan fingerprint density at radius 1 is 0.606 bits per heavy atom. The Morgan fingerprint density at radius 2 is 1.10 bits per heavy atom. The first-order valence-corrected chi connectivity index (χ1v) is 23.0. The Balaban J connectivity index is 1.01. The SMILES string of the molecule is CC1=CC(=O)C(C)=C(CCC(=O)N(C)CCN(C)C(=O)Oc2ccc3c(c2)Oc2cc(OC(=O)N(C)CCN(C)C(=O)CC(C)(C)C4=C(C)C(=O)C=C(C)C4=O)ccc2C32OC(=O)c3ccccc32)C1=O. The molecule has 0 saturated carbocycles. The number of ketones is 4. The largest absolute Gasteiger partial charge is 0.456 e. The molecule has 71 heavy (non-hydrogen) atoms. The number of rotatable bonds is 14. The molecule has 0 fully saturated rings. The maximum absolute atomic E-state index is 13.5. The monoisotopic (exact) mass is 968 g/mol. The summed E-state index contributed by atoms with van der Waals surface area (Å²) in [5.74, 6) is -1.60. The third-order valence-electron chi connectivity index (χ3n) is 13.4. The number of likely N-dealkylation sites (N-methyl/N-ethyl adjacent to an activating group) is 4. The first kappa shape index (κ1) is 50.9. The summed E-state index contributed by atoms with van der Waals surface area (Å²) in [6.45, 7) is 10.3. The molecule has 7 rings (SSSR count). The molecule has 0 radical (unpaired) electrons. The van der Waals surface area contributed by atoms with Gasteiger partial charge in [0.2, 0.25) is 11.8 Å². The molecule has 2 aliphatic heterocycles. The molecular weight excluding hydrogens is 913 g/mol. The summed E-state index contributed by atoms with van der Waals surface area (Å²) in [5, 5.41) is 0. The number of nitrogens with zero attached hydrogens (tertiary/aromatic N) is 4. The number of carbonyl (C=O) groups is 9. The molecule has 2 heterocycles. The van der Waals surface area contributed by atoms with E-state index >= 15 is 0 Å². The van der Waals surface area contributed by atoms with Gasteiger partial charge in [0, 0.05) is 135 Å². The minimum atomic E-state index is -1.49. The number of benzene rings is 3. The van der Waals surface area contributed by atoms with Crippen LogP contribution in [-0.4, -0.2) is 127 Å². The van der Waals surface area contributed by atoms with E-state index in [0.29, 0.717) is 55.7 Å². The van der Waals surface area contributed by atoms with E-state index in [0.717, 1.165) is 0 Å². The quantitative estimate of drug-likeness (QED) is 0.117. The van der Waals surface area contributed by atoms with Crippen molar-refractivity contribution in [3.63, 3.8) is 0 Å². The number of carbonyl (C=O) groups excluding carboxylic acids is 9. The smallest absolute Gasteiger partial charge is 0.415 e. The molecule has 0 aromatic heterocycles. The van der Waals surface area contributed by atoms with Crippen molar-refractivity contribution in [2.45, 2.75) is 66.4 Å². The lowest BCUT2D eigenvalue weighted by atomic mass is 9.72. The number of esters is 1. The Bertz CT molecular complexity index is 2980. The zero-order valence-corrected chi connectivity index (χ0v) is 41.5. The van der Waals surface area contributed by atoms with Crippen LogP contribution in [0.5, 0.6) is 23.0 Å². The highest BCUT2D eigenvalue weighted by molar-refractivity contribution is 6.23. The second kappa shape index (κ2) is 19.8. The summed E-state index contributed by atoms with van der Waals surface area (Å²) in [7, 11) is 6.19. The van der Waals surface area contributed by atoms with Crippen molar-refractivity contribution in [2.24, 2.45) is 5.41 Å². The Morgan fingerprint density at radius 3 is 1.66 bits per heavy atom. The van der Waals surface area contributed by atoms with Crippen LogP contribution in [-0.2, 0) is 39.1 Å². The number of amides is 4. The van der Waals surface area contributed by atoms with E-state index in [4.69, 9.17) is 18.9 Å². The fourth-order valence-electron chi connectivity index (χ4n) is 9.08. The average molecular weight is 969 g/mol. The topological polar surface area (TPSA) is 204 Å². The molecular formula is C54H56N4O13. The zero-order valence-electron chi connectivity index (χ0n) is 41.5. The minimum absolute atomic E-state index is 0.0000722. The van der Waals surface area contributed by atoms with Gasteiger partial charge in [-0.2, -0.15) is 0 Å². The van der Waals surface area contributed by atoms with Gasteiger partial charge in [-0.15, -0.1) is 0 Å². The number of hydrogen-bond donors (Lipinski definition) is 0. The van der Waals surface area contributed by atoms with Gasteiger partial charge in [0.05, 0.1) is 5.56 Å². The van der Waals surface area contributed by atoms with Gasteiger partial charge < -0.3 is 38.5 Å². The van der Waals surface area contributed by atoms with E-state index in [1.807, 2.05) is 0 Å². The van der Waals surface area contributed by atoms with Gasteiger partial charge in [-0.1, -0.05) is 32.0 Å². The van der Waals surface area contributed by atoms with Gasteiger partial charge in [0.1, 0.15) is 23.0 Å². The summed E-state index contributed by atoms with van der Waals surface area (Å²) in [6.07, 6.45) is 1.19. The van der Waals surface area contributed by atoms with Gasteiger partial charge in [0.25, 0.3) is 0 Å². The lowest BCUT2D eigenvalue weighted by Gasteiger charge is -2.36. The standard InChI is InChI=1S/C54H56N4O13/c1-30-25-41(59)32(3)36(48(30)63)17-20-45(61)55(7)21-23-57(9)51(66)68-34-15-18-39-43(27-34)70-44-28-35(16-19-40(44)54(39)38-14-12-11-13-37(38)50(65)71-54)69-52(67)58(10)24-22-56(8)46(62)29-53(5,6)47-33(4)42(60)26-31(2)49(47)64/h11-16,18-19,25-28H,17,20-24,29H2,1-10H3. The first-order chi connectivity index (χ1) is 33.4. The average Bonchev–Trinajstić information content (AvgIpc) is 3.61. The van der Waals surface area contributed by atoms with E-state index in [2.05, 4.69) is 0 Å². The van der Waals surface area contributed by atoms with Crippen LogP contribution in [0.25, 0.3) is 0 Å². The van der Waals surface area contributed by atoms with Gasteiger partial charge in [-0.25, -0.2) is 14.4 Å². The molecule has 4 aliphatic rings. The highest BCUT2D eigenvalue weighted by Crippen LogP contribution is 2.57. The lowest BCUT2D eigenvalue weighted by molar-refractivity contribution is -0.132. The van der Waals surface area contributed by atoms with Crippen LogP contribution in [0.1, 0.15) is 87.9 Å². The van der Waals surface area contributed by atoms with Gasteiger partial charge in [-0.05, 0) is 76.6 Å². The third kappa shape index (κ3) is 9.94. The molecule has 370 valence electrons. The van der Waals surface area contributed by atoms with E-state index in [-0.39, 0.29) is 103 Å². The molecule has 1 atom stereocenters. The number of ether oxygens (including phenoxy) is 4. The molecule has 1 unspecified atom stereocenters. The molecule has 3 aromatic carbocycles. The van der Waals surface area contributed by atoms with Crippen LogP contribution in [0.4, 0.5) is 9.59 Å². The zero-order chi connectivity index (χ0) is 51.9. The van der Waals surface area contributed by atoms with Crippen molar-refractivity contribution in [1.29, 1.82) is 0 Å². The van der Waals surface area contributed by atoms with Crippen LogP contribution < -0.4 is 14.2 Å². The lowest BCUT2D eigenvalue weighted by Crippen LogP contribution is -2.40. The normalized spacial score (nSPS) is 17.1. The Labute approximate surface area is 411 Å². The summed E-state index contributed by atoms with van der Waals surface area (Å²) < 4.78 is 24.2. The summed E-state index contributed by atoms with van der Waals surface area (Å²) >= 11 is 0. The maximum Gasteiger partial charge on any atom is 0.415 e. The highest BCUT2D eigenvalue weighted by atomic mass is 16.6. The van der Waals surface area contributed by atoms with E-state index < -0.39 is 29.2 Å².